The van der Waals surface area contributed by atoms with Crippen LogP contribution in [0.1, 0.15) is 19.4 Å². The van der Waals surface area contributed by atoms with Gasteiger partial charge in [-0.1, -0.05) is 31.5 Å². The van der Waals surface area contributed by atoms with E-state index in [0.29, 0.717) is 11.4 Å². The molecule has 0 spiro atoms. The predicted octanol–water partition coefficient (Wildman–Crippen LogP) is 2.01. The molecule has 0 radical (unpaired) electrons. The number of benzene rings is 1. The molecule has 0 saturated heterocycles. The van der Waals surface area contributed by atoms with Gasteiger partial charge in [0.05, 0.1) is 10.1 Å². The smallest absolute Gasteiger partial charge is 0.182 e. The van der Waals surface area contributed by atoms with Crippen LogP contribution in [-0.2, 0) is 9.84 Å². The van der Waals surface area contributed by atoms with Gasteiger partial charge in [-0.3, -0.25) is 0 Å². The van der Waals surface area contributed by atoms with Crippen LogP contribution in [0.5, 0.6) is 0 Å². The minimum absolute atomic E-state index is 0.0914. The van der Waals surface area contributed by atoms with Crippen LogP contribution in [0.4, 0.5) is 0 Å². The van der Waals surface area contributed by atoms with Crippen molar-refractivity contribution < 1.29 is 8.42 Å². The van der Waals surface area contributed by atoms with Crippen molar-refractivity contribution in [2.45, 2.75) is 30.9 Å². The van der Waals surface area contributed by atoms with E-state index in [2.05, 4.69) is 5.32 Å². The minimum Gasteiger partial charge on any atom is -0.318 e. The largest absolute Gasteiger partial charge is 0.318 e. The summed E-state index contributed by atoms with van der Waals surface area (Å²) >= 11 is 0. The molecule has 0 bridgehead atoms. The normalized spacial score (nSPS) is 13.9. The van der Waals surface area contributed by atoms with Crippen LogP contribution < -0.4 is 5.32 Å². The topological polar surface area (TPSA) is 46.2 Å². The standard InChI is InChI=1S/C13H21NO2S/c1-10(2)13(9-14-4)17(15,16)12-7-5-11(3)6-8-12/h5-8,10,13-14H,9H2,1-4H3. The van der Waals surface area contributed by atoms with Crippen molar-refractivity contribution in [2.24, 2.45) is 5.92 Å². The molecule has 0 saturated carbocycles. The van der Waals surface area contributed by atoms with Crippen molar-refractivity contribution in [1.82, 2.24) is 5.32 Å². The molecule has 0 aliphatic carbocycles. The molecule has 17 heavy (non-hydrogen) atoms. The molecule has 1 aromatic carbocycles. The van der Waals surface area contributed by atoms with Crippen LogP contribution in [0.25, 0.3) is 0 Å². The number of sulfone groups is 1. The molecule has 1 aromatic rings. The number of rotatable bonds is 5. The van der Waals surface area contributed by atoms with E-state index in [1.54, 1.807) is 19.2 Å². The zero-order chi connectivity index (χ0) is 13.1. The third-order valence-electron chi connectivity index (χ3n) is 2.90. The summed E-state index contributed by atoms with van der Waals surface area (Å²) in [5.74, 6) is 0.0914. The molecule has 1 N–H and O–H groups in total. The molecule has 1 atom stereocenters. The summed E-state index contributed by atoms with van der Waals surface area (Å²) < 4.78 is 24.9. The summed E-state index contributed by atoms with van der Waals surface area (Å²) in [5, 5.41) is 2.58. The van der Waals surface area contributed by atoms with Gasteiger partial charge in [0.2, 0.25) is 0 Å². The highest BCUT2D eigenvalue weighted by Gasteiger charge is 2.29. The summed E-state index contributed by atoms with van der Waals surface area (Å²) in [4.78, 5) is 0.414. The first kappa shape index (κ1) is 14.2. The highest BCUT2D eigenvalue weighted by Crippen LogP contribution is 2.21. The van der Waals surface area contributed by atoms with Gasteiger partial charge >= 0.3 is 0 Å². The summed E-state index contributed by atoms with van der Waals surface area (Å²) in [5.41, 5.74) is 1.07. The molecule has 0 fully saturated rings. The maximum atomic E-state index is 12.4. The summed E-state index contributed by atoms with van der Waals surface area (Å²) in [7, 11) is -1.46. The second-order valence-corrected chi connectivity index (χ2v) is 6.87. The predicted molar refractivity (Wildman–Crippen MR) is 70.9 cm³/mol. The average molecular weight is 255 g/mol. The van der Waals surface area contributed by atoms with E-state index < -0.39 is 9.84 Å². The summed E-state index contributed by atoms with van der Waals surface area (Å²) in [6.45, 7) is 6.30. The van der Waals surface area contributed by atoms with E-state index in [0.717, 1.165) is 5.56 Å². The Bertz CT molecular complexity index is 449. The Morgan fingerprint density at radius 1 is 1.18 bits per heavy atom. The number of aryl methyl sites for hydroxylation is 1. The lowest BCUT2D eigenvalue weighted by atomic mass is 10.1. The molecule has 1 unspecified atom stereocenters. The molecule has 96 valence electrons. The molecule has 0 heterocycles. The zero-order valence-electron chi connectivity index (χ0n) is 10.9. The second-order valence-electron chi connectivity index (χ2n) is 4.70. The lowest BCUT2D eigenvalue weighted by molar-refractivity contribution is 0.517. The van der Waals surface area contributed by atoms with Gasteiger partial charge in [-0.15, -0.1) is 0 Å². The SMILES string of the molecule is CNCC(C(C)C)S(=O)(=O)c1ccc(C)cc1. The van der Waals surface area contributed by atoms with Crippen molar-refractivity contribution in [3.63, 3.8) is 0 Å². The number of hydrogen-bond acceptors (Lipinski definition) is 3. The molecule has 4 heteroatoms. The second kappa shape index (κ2) is 5.65. The van der Waals surface area contributed by atoms with Gasteiger partial charge in [0.1, 0.15) is 0 Å². The van der Waals surface area contributed by atoms with Gasteiger partial charge < -0.3 is 5.32 Å². The Morgan fingerprint density at radius 2 is 1.71 bits per heavy atom. The first-order valence-corrected chi connectivity index (χ1v) is 7.39. The lowest BCUT2D eigenvalue weighted by Crippen LogP contribution is -2.36. The highest BCUT2D eigenvalue weighted by atomic mass is 32.2. The first-order valence-electron chi connectivity index (χ1n) is 5.84. The Labute approximate surface area is 104 Å². The van der Waals surface area contributed by atoms with Crippen LogP contribution >= 0.6 is 0 Å². The van der Waals surface area contributed by atoms with E-state index in [-0.39, 0.29) is 11.2 Å². The highest BCUT2D eigenvalue weighted by molar-refractivity contribution is 7.92. The maximum absolute atomic E-state index is 12.4. The molecule has 0 aromatic heterocycles. The third-order valence-corrected chi connectivity index (χ3v) is 5.33. The van der Waals surface area contributed by atoms with E-state index in [4.69, 9.17) is 0 Å². The van der Waals surface area contributed by atoms with Crippen LogP contribution in [0.3, 0.4) is 0 Å². The van der Waals surface area contributed by atoms with Crippen LogP contribution in [-0.4, -0.2) is 27.3 Å². The molecule has 0 aliphatic rings. The fourth-order valence-electron chi connectivity index (χ4n) is 1.81. The molecule has 1 rings (SSSR count). The van der Waals surface area contributed by atoms with Crippen molar-refractivity contribution in [3.05, 3.63) is 29.8 Å². The van der Waals surface area contributed by atoms with Gasteiger partial charge in [-0.25, -0.2) is 8.42 Å². The quantitative estimate of drug-likeness (QED) is 0.875. The van der Waals surface area contributed by atoms with Gasteiger partial charge in [0.15, 0.2) is 9.84 Å². The van der Waals surface area contributed by atoms with E-state index >= 15 is 0 Å². The fraction of sp³-hybridized carbons (Fsp3) is 0.538. The monoisotopic (exact) mass is 255 g/mol. The Morgan fingerprint density at radius 3 is 2.12 bits per heavy atom. The Balaban J connectivity index is 3.12. The van der Waals surface area contributed by atoms with Crippen molar-refractivity contribution >= 4 is 9.84 Å². The van der Waals surface area contributed by atoms with Crippen molar-refractivity contribution in [3.8, 4) is 0 Å². The minimum atomic E-state index is -3.24. The van der Waals surface area contributed by atoms with E-state index in [1.807, 2.05) is 32.9 Å². The lowest BCUT2D eigenvalue weighted by Gasteiger charge is -2.21. The fourth-order valence-corrected chi connectivity index (χ4v) is 3.78. The average Bonchev–Trinajstić information content (AvgIpc) is 2.25. The van der Waals surface area contributed by atoms with Gasteiger partial charge in [0, 0.05) is 6.54 Å². The van der Waals surface area contributed by atoms with Crippen molar-refractivity contribution in [1.29, 1.82) is 0 Å². The van der Waals surface area contributed by atoms with Gasteiger partial charge in [-0.05, 0) is 32.0 Å². The zero-order valence-corrected chi connectivity index (χ0v) is 11.7. The van der Waals surface area contributed by atoms with Crippen LogP contribution in [0, 0.1) is 12.8 Å². The van der Waals surface area contributed by atoms with Gasteiger partial charge in [-0.2, -0.15) is 0 Å². The molecule has 0 aliphatic heterocycles. The molecular formula is C13H21NO2S. The van der Waals surface area contributed by atoms with E-state index in [9.17, 15) is 8.42 Å². The molecular weight excluding hydrogens is 234 g/mol. The Hall–Kier alpha value is -0.870. The van der Waals surface area contributed by atoms with E-state index in [1.165, 1.54) is 0 Å². The van der Waals surface area contributed by atoms with Crippen LogP contribution in [0.2, 0.25) is 0 Å². The Kier molecular flexibility index (Phi) is 4.71. The van der Waals surface area contributed by atoms with Crippen molar-refractivity contribution in [2.75, 3.05) is 13.6 Å². The van der Waals surface area contributed by atoms with Crippen LogP contribution in [0.15, 0.2) is 29.2 Å². The molecule has 3 nitrogen and oxygen atoms in total. The van der Waals surface area contributed by atoms with Gasteiger partial charge in [0.25, 0.3) is 0 Å². The molecule has 0 amide bonds. The summed E-state index contributed by atoms with van der Waals surface area (Å²) in [6.07, 6.45) is 0. The maximum Gasteiger partial charge on any atom is 0.182 e. The first-order chi connectivity index (χ1) is 7.89. The third kappa shape index (κ3) is 3.30. The number of hydrogen-bond donors (Lipinski definition) is 1. The number of nitrogens with one attached hydrogen (secondary N) is 1. The summed E-state index contributed by atoms with van der Waals surface area (Å²) in [6, 6.07) is 7.05.